The lowest BCUT2D eigenvalue weighted by Gasteiger charge is -2.03. The van der Waals surface area contributed by atoms with E-state index in [1.165, 1.54) is 6.26 Å². The molecule has 0 atom stereocenters. The van der Waals surface area contributed by atoms with Gasteiger partial charge in [0.2, 0.25) is 5.76 Å². The number of carbonyl (C=O) groups is 1. The van der Waals surface area contributed by atoms with E-state index in [0.29, 0.717) is 12.1 Å². The summed E-state index contributed by atoms with van der Waals surface area (Å²) in [5, 5.41) is 16.2. The highest BCUT2D eigenvalue weighted by molar-refractivity contribution is 5.86. The van der Waals surface area contributed by atoms with E-state index in [-0.39, 0.29) is 5.76 Å². The number of rotatable bonds is 4. The molecule has 6 nitrogen and oxygen atoms in total. The Kier molecular flexibility index (Phi) is 2.86. The molecule has 90 valence electrons. The molecule has 0 bridgehead atoms. The second-order valence-electron chi connectivity index (χ2n) is 3.74. The van der Waals surface area contributed by atoms with Crippen molar-refractivity contribution in [2.45, 2.75) is 13.5 Å². The number of hydrogen-bond acceptors (Lipinski definition) is 4. The molecule has 2 aromatic rings. The molecule has 0 spiro atoms. The van der Waals surface area contributed by atoms with E-state index < -0.39 is 5.97 Å². The van der Waals surface area contributed by atoms with Crippen molar-refractivity contribution < 1.29 is 14.3 Å². The predicted molar refractivity (Wildman–Crippen MR) is 60.9 cm³/mol. The third kappa shape index (κ3) is 2.30. The van der Waals surface area contributed by atoms with Crippen LogP contribution in [0.2, 0.25) is 0 Å². The molecule has 2 rings (SSSR count). The summed E-state index contributed by atoms with van der Waals surface area (Å²) in [6.45, 7) is 2.28. The zero-order valence-electron chi connectivity index (χ0n) is 9.60. The number of carboxylic acids is 1. The van der Waals surface area contributed by atoms with Gasteiger partial charge in [-0.3, -0.25) is 4.68 Å². The number of aryl methyl sites for hydroxylation is 2. The van der Waals surface area contributed by atoms with Gasteiger partial charge in [-0.05, 0) is 13.0 Å². The molecule has 2 N–H and O–H groups in total. The average Bonchev–Trinajstić information content (AvgIpc) is 2.82. The van der Waals surface area contributed by atoms with Crippen molar-refractivity contribution in [1.29, 1.82) is 0 Å². The van der Waals surface area contributed by atoms with Crippen molar-refractivity contribution in [2.24, 2.45) is 7.05 Å². The Morgan fingerprint density at radius 3 is 3.00 bits per heavy atom. The molecule has 0 aliphatic rings. The summed E-state index contributed by atoms with van der Waals surface area (Å²) < 4.78 is 6.59. The normalized spacial score (nSPS) is 10.5. The largest absolute Gasteiger partial charge is 0.475 e. The summed E-state index contributed by atoms with van der Waals surface area (Å²) in [6.07, 6.45) is 3.21. The monoisotopic (exact) mass is 235 g/mol. The van der Waals surface area contributed by atoms with Gasteiger partial charge in [0, 0.05) is 25.4 Å². The first-order chi connectivity index (χ1) is 8.08. The van der Waals surface area contributed by atoms with Crippen molar-refractivity contribution in [3.8, 4) is 0 Å². The van der Waals surface area contributed by atoms with E-state index in [9.17, 15) is 4.79 Å². The molecule has 0 unspecified atom stereocenters. The number of anilines is 1. The lowest BCUT2D eigenvalue weighted by atomic mass is 10.2. The Hall–Kier alpha value is -2.24. The number of aromatic nitrogens is 2. The van der Waals surface area contributed by atoms with Gasteiger partial charge in [-0.1, -0.05) is 0 Å². The fraction of sp³-hybridized carbons (Fsp3) is 0.273. The van der Waals surface area contributed by atoms with Gasteiger partial charge in [0.25, 0.3) is 0 Å². The summed E-state index contributed by atoms with van der Waals surface area (Å²) in [4.78, 5) is 10.8. The summed E-state index contributed by atoms with van der Waals surface area (Å²) in [5.74, 6) is -1.09. The molecule has 0 aliphatic heterocycles. The molecule has 17 heavy (non-hydrogen) atoms. The minimum absolute atomic E-state index is 0.0287. The standard InChI is InChI=1S/C11H13N3O3/c1-7-9(6-14(2)13-7)12-5-8-3-4-17-10(8)11(15)16/h3-4,6,12H,5H2,1-2H3,(H,15,16). The van der Waals surface area contributed by atoms with Crippen molar-refractivity contribution in [2.75, 3.05) is 5.32 Å². The molecule has 2 aromatic heterocycles. The second-order valence-corrected chi connectivity index (χ2v) is 3.74. The van der Waals surface area contributed by atoms with E-state index in [2.05, 4.69) is 10.4 Å². The van der Waals surface area contributed by atoms with Gasteiger partial charge in [-0.25, -0.2) is 4.79 Å². The highest BCUT2D eigenvalue weighted by Gasteiger charge is 2.13. The molecule has 0 radical (unpaired) electrons. The Balaban J connectivity index is 2.10. The van der Waals surface area contributed by atoms with Gasteiger partial charge < -0.3 is 14.8 Å². The summed E-state index contributed by atoms with van der Waals surface area (Å²) in [5.41, 5.74) is 2.36. The first-order valence-corrected chi connectivity index (χ1v) is 5.11. The summed E-state index contributed by atoms with van der Waals surface area (Å²) in [7, 11) is 1.83. The zero-order valence-corrected chi connectivity index (χ0v) is 9.60. The van der Waals surface area contributed by atoms with Crippen LogP contribution in [0.1, 0.15) is 21.8 Å². The molecule has 0 fully saturated rings. The topological polar surface area (TPSA) is 80.3 Å². The Morgan fingerprint density at radius 1 is 1.65 bits per heavy atom. The van der Waals surface area contributed by atoms with Gasteiger partial charge in [-0.2, -0.15) is 5.10 Å². The lowest BCUT2D eigenvalue weighted by Crippen LogP contribution is -2.04. The number of hydrogen-bond donors (Lipinski definition) is 2. The first-order valence-electron chi connectivity index (χ1n) is 5.11. The van der Waals surface area contributed by atoms with Crippen LogP contribution in [0.25, 0.3) is 0 Å². The lowest BCUT2D eigenvalue weighted by molar-refractivity contribution is 0.0661. The van der Waals surface area contributed by atoms with Crippen LogP contribution >= 0.6 is 0 Å². The van der Waals surface area contributed by atoms with Crippen LogP contribution in [0, 0.1) is 6.92 Å². The number of nitrogens with one attached hydrogen (secondary N) is 1. The van der Waals surface area contributed by atoms with Crippen molar-refractivity contribution >= 4 is 11.7 Å². The maximum Gasteiger partial charge on any atom is 0.372 e. The third-order valence-electron chi connectivity index (χ3n) is 2.42. The second kappa shape index (κ2) is 4.32. The summed E-state index contributed by atoms with van der Waals surface area (Å²) >= 11 is 0. The van der Waals surface area contributed by atoms with E-state index >= 15 is 0 Å². The zero-order chi connectivity index (χ0) is 12.4. The maximum atomic E-state index is 10.8. The predicted octanol–water partition coefficient (Wildman–Crippen LogP) is 1.63. The van der Waals surface area contributed by atoms with Crippen LogP contribution in [0.3, 0.4) is 0 Å². The van der Waals surface area contributed by atoms with Gasteiger partial charge in [0.1, 0.15) is 0 Å². The number of carboxylic acid groups (broad SMARTS) is 1. The highest BCUT2D eigenvalue weighted by Crippen LogP contribution is 2.16. The van der Waals surface area contributed by atoms with Crippen LogP contribution in [-0.4, -0.2) is 20.9 Å². The SMILES string of the molecule is Cc1nn(C)cc1NCc1ccoc1C(=O)O. The van der Waals surface area contributed by atoms with E-state index in [0.717, 1.165) is 11.4 Å². The Labute approximate surface area is 97.9 Å². The molecule has 6 heteroatoms. The highest BCUT2D eigenvalue weighted by atomic mass is 16.4. The molecule has 0 aliphatic carbocycles. The van der Waals surface area contributed by atoms with Crippen molar-refractivity contribution in [3.63, 3.8) is 0 Å². The number of furan rings is 1. The fourth-order valence-electron chi connectivity index (χ4n) is 1.63. The average molecular weight is 235 g/mol. The fourth-order valence-corrected chi connectivity index (χ4v) is 1.63. The minimum atomic E-state index is -1.06. The molecule has 0 saturated carbocycles. The maximum absolute atomic E-state index is 10.8. The van der Waals surface area contributed by atoms with Crippen LogP contribution in [0.5, 0.6) is 0 Å². The van der Waals surface area contributed by atoms with Gasteiger partial charge >= 0.3 is 5.97 Å². The Bertz CT molecular complexity index is 542. The molecule has 0 amide bonds. The van der Waals surface area contributed by atoms with Crippen LogP contribution < -0.4 is 5.32 Å². The Morgan fingerprint density at radius 2 is 2.41 bits per heavy atom. The molecule has 0 saturated heterocycles. The summed E-state index contributed by atoms with van der Waals surface area (Å²) in [6, 6.07) is 1.64. The van der Waals surface area contributed by atoms with Crippen molar-refractivity contribution in [1.82, 2.24) is 9.78 Å². The molecule has 0 aromatic carbocycles. The minimum Gasteiger partial charge on any atom is -0.475 e. The quantitative estimate of drug-likeness (QED) is 0.841. The van der Waals surface area contributed by atoms with Gasteiger partial charge in [0.15, 0.2) is 0 Å². The van der Waals surface area contributed by atoms with Gasteiger partial charge in [0.05, 0.1) is 17.6 Å². The molecular formula is C11H13N3O3. The number of aromatic carboxylic acids is 1. The van der Waals surface area contributed by atoms with Crippen LogP contribution in [-0.2, 0) is 13.6 Å². The molecular weight excluding hydrogens is 222 g/mol. The van der Waals surface area contributed by atoms with E-state index in [1.54, 1.807) is 10.7 Å². The smallest absolute Gasteiger partial charge is 0.372 e. The van der Waals surface area contributed by atoms with E-state index in [4.69, 9.17) is 9.52 Å². The van der Waals surface area contributed by atoms with Gasteiger partial charge in [-0.15, -0.1) is 0 Å². The third-order valence-corrected chi connectivity index (χ3v) is 2.42. The van der Waals surface area contributed by atoms with Crippen molar-refractivity contribution in [3.05, 3.63) is 35.5 Å². The van der Waals surface area contributed by atoms with E-state index in [1.807, 2.05) is 20.2 Å². The van der Waals surface area contributed by atoms with Crippen LogP contribution in [0.15, 0.2) is 22.9 Å². The number of nitrogens with zero attached hydrogens (tertiary/aromatic N) is 2. The molecule has 2 heterocycles. The van der Waals surface area contributed by atoms with Crippen LogP contribution in [0.4, 0.5) is 5.69 Å². The first kappa shape index (κ1) is 11.3.